The normalized spacial score (nSPS) is 14.0. The van der Waals surface area contributed by atoms with E-state index >= 15 is 0 Å². The summed E-state index contributed by atoms with van der Waals surface area (Å²) in [6.45, 7) is 3.95. The van der Waals surface area contributed by atoms with Crippen molar-refractivity contribution in [1.29, 1.82) is 0 Å². The molecule has 0 bridgehead atoms. The average Bonchev–Trinajstić information content (AvgIpc) is 3.09. The molecule has 1 aliphatic rings. The Labute approximate surface area is 129 Å². The van der Waals surface area contributed by atoms with E-state index < -0.39 is 0 Å². The molecule has 22 heavy (non-hydrogen) atoms. The van der Waals surface area contributed by atoms with Crippen molar-refractivity contribution in [2.45, 2.75) is 19.9 Å². The summed E-state index contributed by atoms with van der Waals surface area (Å²) >= 11 is 0. The molecule has 4 nitrogen and oxygen atoms in total. The second-order valence-corrected chi connectivity index (χ2v) is 5.70. The number of fused-ring (bicyclic) bond motifs is 1. The van der Waals surface area contributed by atoms with E-state index in [-0.39, 0.29) is 0 Å². The fourth-order valence-corrected chi connectivity index (χ4v) is 2.93. The van der Waals surface area contributed by atoms with E-state index in [1.54, 1.807) is 12.5 Å². The molecule has 0 amide bonds. The van der Waals surface area contributed by atoms with Crippen LogP contribution in [0.4, 0.5) is 5.95 Å². The molecule has 1 aliphatic heterocycles. The molecule has 3 heterocycles. The van der Waals surface area contributed by atoms with Crippen molar-refractivity contribution in [3.63, 3.8) is 0 Å². The van der Waals surface area contributed by atoms with E-state index in [9.17, 15) is 0 Å². The van der Waals surface area contributed by atoms with Crippen LogP contribution in [0.5, 0.6) is 0 Å². The lowest BCUT2D eigenvalue weighted by Crippen LogP contribution is -2.31. The van der Waals surface area contributed by atoms with Gasteiger partial charge in [0.25, 0.3) is 0 Å². The van der Waals surface area contributed by atoms with Gasteiger partial charge >= 0.3 is 0 Å². The van der Waals surface area contributed by atoms with Crippen LogP contribution in [0.1, 0.15) is 16.7 Å². The van der Waals surface area contributed by atoms with Gasteiger partial charge in [0.15, 0.2) is 0 Å². The van der Waals surface area contributed by atoms with Crippen LogP contribution in [-0.4, -0.2) is 16.5 Å². The molecule has 4 rings (SSSR count). The minimum Gasteiger partial charge on any atom is -0.472 e. The number of rotatable bonds is 2. The fourth-order valence-electron chi connectivity index (χ4n) is 2.93. The minimum absolute atomic E-state index is 0.783. The number of hydrogen-bond acceptors (Lipinski definition) is 4. The van der Waals surface area contributed by atoms with Crippen molar-refractivity contribution in [2.75, 3.05) is 11.4 Å². The zero-order chi connectivity index (χ0) is 14.9. The van der Waals surface area contributed by atoms with E-state index in [0.29, 0.717) is 0 Å². The van der Waals surface area contributed by atoms with Crippen molar-refractivity contribution in [1.82, 2.24) is 9.97 Å². The van der Waals surface area contributed by atoms with Crippen molar-refractivity contribution in [2.24, 2.45) is 0 Å². The fraction of sp³-hybridized carbons (Fsp3) is 0.222. The first-order chi connectivity index (χ1) is 10.8. The summed E-state index contributed by atoms with van der Waals surface area (Å²) in [4.78, 5) is 11.4. The third kappa shape index (κ3) is 2.37. The molecule has 0 saturated heterocycles. The summed E-state index contributed by atoms with van der Waals surface area (Å²) in [7, 11) is 0. The maximum Gasteiger partial charge on any atom is 0.226 e. The molecule has 0 spiro atoms. The monoisotopic (exact) mass is 291 g/mol. The van der Waals surface area contributed by atoms with E-state index in [0.717, 1.165) is 36.7 Å². The van der Waals surface area contributed by atoms with E-state index in [4.69, 9.17) is 4.42 Å². The first-order valence-electron chi connectivity index (χ1n) is 7.48. The van der Waals surface area contributed by atoms with Gasteiger partial charge in [0.05, 0.1) is 18.2 Å². The summed E-state index contributed by atoms with van der Waals surface area (Å²) in [6, 6.07) is 10.5. The number of anilines is 1. The van der Waals surface area contributed by atoms with E-state index in [2.05, 4.69) is 40.0 Å². The van der Waals surface area contributed by atoms with Gasteiger partial charge in [-0.1, -0.05) is 23.8 Å². The Morgan fingerprint density at radius 1 is 1.14 bits per heavy atom. The van der Waals surface area contributed by atoms with Crippen molar-refractivity contribution >= 4 is 5.95 Å². The van der Waals surface area contributed by atoms with Gasteiger partial charge in [-0.15, -0.1) is 0 Å². The quantitative estimate of drug-likeness (QED) is 0.723. The van der Waals surface area contributed by atoms with E-state index in [1.807, 2.05) is 18.3 Å². The maximum absolute atomic E-state index is 5.14. The van der Waals surface area contributed by atoms with Gasteiger partial charge in [0.2, 0.25) is 5.95 Å². The minimum atomic E-state index is 0.783. The van der Waals surface area contributed by atoms with Gasteiger partial charge in [-0.3, -0.25) is 0 Å². The number of benzene rings is 1. The zero-order valence-corrected chi connectivity index (χ0v) is 12.5. The van der Waals surface area contributed by atoms with Crippen LogP contribution in [-0.2, 0) is 13.0 Å². The zero-order valence-electron chi connectivity index (χ0n) is 12.5. The first-order valence-corrected chi connectivity index (χ1v) is 7.48. The van der Waals surface area contributed by atoms with Crippen molar-refractivity contribution in [3.8, 4) is 11.3 Å². The highest BCUT2D eigenvalue weighted by atomic mass is 16.3. The lowest BCUT2D eigenvalue weighted by atomic mass is 9.98. The van der Waals surface area contributed by atoms with Crippen LogP contribution in [0.3, 0.4) is 0 Å². The Balaban J connectivity index is 1.65. The van der Waals surface area contributed by atoms with Crippen LogP contribution >= 0.6 is 0 Å². The van der Waals surface area contributed by atoms with Crippen LogP contribution in [0.15, 0.2) is 53.5 Å². The maximum atomic E-state index is 5.14. The third-order valence-corrected chi connectivity index (χ3v) is 4.12. The summed E-state index contributed by atoms with van der Waals surface area (Å²) in [5.41, 5.74) is 6.00. The van der Waals surface area contributed by atoms with Gasteiger partial charge in [-0.25, -0.2) is 9.97 Å². The molecule has 0 N–H and O–H groups in total. The lowest BCUT2D eigenvalue weighted by molar-refractivity contribution is 0.568. The van der Waals surface area contributed by atoms with Gasteiger partial charge < -0.3 is 9.32 Å². The number of aromatic nitrogens is 2. The number of hydrogen-bond donors (Lipinski definition) is 0. The highest BCUT2D eigenvalue weighted by Crippen LogP contribution is 2.25. The number of aryl methyl sites for hydroxylation is 1. The molecule has 1 aromatic carbocycles. The third-order valence-electron chi connectivity index (χ3n) is 4.12. The number of furan rings is 1. The Kier molecular flexibility index (Phi) is 3.15. The van der Waals surface area contributed by atoms with Crippen molar-refractivity contribution < 1.29 is 4.42 Å². The number of nitrogens with zero attached hydrogens (tertiary/aromatic N) is 3. The Bertz CT molecular complexity index is 796. The van der Waals surface area contributed by atoms with Crippen molar-refractivity contribution in [3.05, 3.63) is 65.7 Å². The van der Waals surface area contributed by atoms with Gasteiger partial charge in [-0.2, -0.15) is 0 Å². The molecule has 0 fully saturated rings. The Hall–Kier alpha value is -2.62. The Morgan fingerprint density at radius 3 is 2.95 bits per heavy atom. The van der Waals surface area contributed by atoms with Crippen LogP contribution in [0.25, 0.3) is 11.3 Å². The molecule has 0 unspecified atom stereocenters. The molecule has 0 radical (unpaired) electrons. The largest absolute Gasteiger partial charge is 0.472 e. The SMILES string of the molecule is Cc1ccc2c(c1)CN(c1nccc(-c3ccoc3)n1)CC2. The molecule has 4 heteroatoms. The topological polar surface area (TPSA) is 42.2 Å². The molecule has 0 aliphatic carbocycles. The first kappa shape index (κ1) is 13.1. The van der Waals surface area contributed by atoms with Crippen LogP contribution in [0, 0.1) is 6.92 Å². The standard InChI is InChI=1S/C18H17N3O/c1-13-2-3-14-5-8-21(11-16(14)10-13)18-19-7-4-17(20-18)15-6-9-22-12-15/h2-4,6-7,9-10,12H,5,8,11H2,1H3. The van der Waals surface area contributed by atoms with Crippen LogP contribution in [0.2, 0.25) is 0 Å². The molecule has 3 aromatic rings. The second-order valence-electron chi connectivity index (χ2n) is 5.70. The lowest BCUT2D eigenvalue weighted by Gasteiger charge is -2.29. The summed E-state index contributed by atoms with van der Waals surface area (Å²) in [6.07, 6.45) is 6.23. The summed E-state index contributed by atoms with van der Waals surface area (Å²) in [5, 5.41) is 0. The molecule has 110 valence electrons. The smallest absolute Gasteiger partial charge is 0.226 e. The van der Waals surface area contributed by atoms with E-state index in [1.165, 1.54) is 16.7 Å². The highest BCUT2D eigenvalue weighted by Gasteiger charge is 2.19. The molecule has 0 atom stereocenters. The molecular weight excluding hydrogens is 274 g/mol. The van der Waals surface area contributed by atoms with Gasteiger partial charge in [0.1, 0.15) is 0 Å². The Morgan fingerprint density at radius 2 is 2.09 bits per heavy atom. The molecule has 0 saturated carbocycles. The predicted octanol–water partition coefficient (Wildman–Crippen LogP) is 3.61. The summed E-state index contributed by atoms with van der Waals surface area (Å²) in [5.74, 6) is 0.783. The molecular formula is C18H17N3O. The second kappa shape index (κ2) is 5.30. The highest BCUT2D eigenvalue weighted by molar-refractivity contribution is 5.58. The van der Waals surface area contributed by atoms with Crippen LogP contribution < -0.4 is 4.90 Å². The predicted molar refractivity (Wildman–Crippen MR) is 85.7 cm³/mol. The summed E-state index contributed by atoms with van der Waals surface area (Å²) < 4.78 is 5.14. The molecule has 2 aromatic heterocycles. The van der Waals surface area contributed by atoms with Gasteiger partial charge in [-0.05, 0) is 36.6 Å². The van der Waals surface area contributed by atoms with Gasteiger partial charge in [0, 0.05) is 24.8 Å². The average molecular weight is 291 g/mol.